The second kappa shape index (κ2) is 9.28. The van der Waals surface area contributed by atoms with E-state index in [1.54, 1.807) is 6.07 Å². The lowest BCUT2D eigenvalue weighted by Gasteiger charge is -2.05. The highest BCUT2D eigenvalue weighted by atomic mass is 19.2. The van der Waals surface area contributed by atoms with Crippen LogP contribution in [0.3, 0.4) is 0 Å². The van der Waals surface area contributed by atoms with E-state index in [0.717, 1.165) is 36.5 Å². The van der Waals surface area contributed by atoms with E-state index in [9.17, 15) is 17.6 Å². The molecule has 0 radical (unpaired) electrons. The van der Waals surface area contributed by atoms with Gasteiger partial charge in [-0.1, -0.05) is 61.6 Å². The Morgan fingerprint density at radius 1 is 0.688 bits per heavy atom. The SMILES string of the molecule is CCCCc1ccc(-c2ccc(C#Cc3ccc4c(F)c(F)c(F)cc4c3)c(F)c2)cc1. The average molecular weight is 432 g/mol. The fourth-order valence-electron chi connectivity index (χ4n) is 3.56. The standard InChI is InChI=1S/C28H20F4/c1-2-3-4-18-5-9-20(10-6-18)22-13-12-21(25(29)16-22)11-7-19-8-14-24-23(15-19)17-26(30)28(32)27(24)31/h5-6,8-10,12-17H,2-4H2,1H3. The Morgan fingerprint density at radius 3 is 2.16 bits per heavy atom. The van der Waals surface area contributed by atoms with Crippen molar-refractivity contribution in [3.05, 3.63) is 107 Å². The smallest absolute Gasteiger partial charge is 0.195 e. The Labute approximate surface area is 184 Å². The van der Waals surface area contributed by atoms with Crippen molar-refractivity contribution in [3.8, 4) is 23.0 Å². The molecule has 0 atom stereocenters. The number of benzene rings is 4. The van der Waals surface area contributed by atoms with Crippen LogP contribution in [0.5, 0.6) is 0 Å². The van der Waals surface area contributed by atoms with Gasteiger partial charge in [0, 0.05) is 10.9 Å². The second-order valence-electron chi connectivity index (χ2n) is 7.67. The maximum absolute atomic E-state index is 14.6. The number of unbranched alkanes of at least 4 members (excludes halogenated alkanes) is 1. The Bertz CT molecular complexity index is 1340. The van der Waals surface area contributed by atoms with Crippen LogP contribution in [-0.4, -0.2) is 0 Å². The summed E-state index contributed by atoms with van der Waals surface area (Å²) in [5.74, 6) is 1.10. The van der Waals surface area contributed by atoms with Gasteiger partial charge in [0.15, 0.2) is 17.5 Å². The van der Waals surface area contributed by atoms with Crippen molar-refractivity contribution in [1.82, 2.24) is 0 Å². The van der Waals surface area contributed by atoms with Crippen LogP contribution in [0, 0.1) is 35.1 Å². The average Bonchev–Trinajstić information content (AvgIpc) is 2.80. The Kier molecular flexibility index (Phi) is 6.28. The zero-order chi connectivity index (χ0) is 22.7. The molecule has 4 aromatic rings. The van der Waals surface area contributed by atoms with Gasteiger partial charge in [-0.15, -0.1) is 0 Å². The summed E-state index contributed by atoms with van der Waals surface area (Å²) in [5, 5.41) is 0.150. The summed E-state index contributed by atoms with van der Waals surface area (Å²) in [4.78, 5) is 0. The maximum Gasteiger partial charge on any atom is 0.195 e. The molecule has 0 fully saturated rings. The van der Waals surface area contributed by atoms with E-state index in [1.165, 1.54) is 29.8 Å². The summed E-state index contributed by atoms with van der Waals surface area (Å²) in [6, 6.07) is 18.1. The van der Waals surface area contributed by atoms with Gasteiger partial charge in [0.05, 0.1) is 5.56 Å². The molecule has 0 N–H and O–H groups in total. The Hall–Kier alpha value is -3.58. The van der Waals surface area contributed by atoms with E-state index in [2.05, 4.69) is 30.9 Å². The summed E-state index contributed by atoms with van der Waals surface area (Å²) >= 11 is 0. The highest BCUT2D eigenvalue weighted by Gasteiger charge is 2.13. The van der Waals surface area contributed by atoms with E-state index in [1.807, 2.05) is 18.2 Å². The molecule has 0 saturated heterocycles. The Balaban J connectivity index is 1.58. The number of halogens is 4. The third-order valence-corrected chi connectivity index (χ3v) is 5.39. The van der Waals surface area contributed by atoms with Crippen molar-refractivity contribution in [2.75, 3.05) is 0 Å². The molecular formula is C28H20F4. The van der Waals surface area contributed by atoms with Crippen LogP contribution < -0.4 is 0 Å². The van der Waals surface area contributed by atoms with Crippen LogP contribution >= 0.6 is 0 Å². The van der Waals surface area contributed by atoms with Crippen molar-refractivity contribution in [1.29, 1.82) is 0 Å². The molecule has 0 heterocycles. The number of aryl methyl sites for hydroxylation is 1. The minimum atomic E-state index is -1.51. The Morgan fingerprint density at radius 2 is 1.44 bits per heavy atom. The lowest BCUT2D eigenvalue weighted by atomic mass is 10.0. The van der Waals surface area contributed by atoms with Gasteiger partial charge >= 0.3 is 0 Å². The topological polar surface area (TPSA) is 0 Å². The van der Waals surface area contributed by atoms with Gasteiger partial charge < -0.3 is 0 Å². The fourth-order valence-corrected chi connectivity index (χ4v) is 3.56. The predicted octanol–water partition coefficient (Wildman–Crippen LogP) is 7.81. The van der Waals surface area contributed by atoms with Crippen LogP contribution in [0.4, 0.5) is 17.6 Å². The van der Waals surface area contributed by atoms with E-state index in [0.29, 0.717) is 5.56 Å². The molecule has 32 heavy (non-hydrogen) atoms. The van der Waals surface area contributed by atoms with E-state index in [4.69, 9.17) is 0 Å². The molecule has 0 unspecified atom stereocenters. The molecule has 0 amide bonds. The first-order chi connectivity index (χ1) is 15.5. The minimum absolute atomic E-state index is 0.0364. The first-order valence-corrected chi connectivity index (χ1v) is 10.4. The predicted molar refractivity (Wildman–Crippen MR) is 120 cm³/mol. The lowest BCUT2D eigenvalue weighted by molar-refractivity contribution is 0.453. The molecule has 0 bridgehead atoms. The van der Waals surface area contributed by atoms with E-state index in [-0.39, 0.29) is 16.3 Å². The second-order valence-corrected chi connectivity index (χ2v) is 7.67. The van der Waals surface area contributed by atoms with Gasteiger partial charge in [-0.3, -0.25) is 0 Å². The zero-order valence-electron chi connectivity index (χ0n) is 17.5. The quantitative estimate of drug-likeness (QED) is 0.175. The number of fused-ring (bicyclic) bond motifs is 1. The van der Waals surface area contributed by atoms with Gasteiger partial charge in [-0.25, -0.2) is 17.6 Å². The third kappa shape index (κ3) is 4.53. The zero-order valence-corrected chi connectivity index (χ0v) is 17.5. The van der Waals surface area contributed by atoms with Crippen LogP contribution in [-0.2, 0) is 6.42 Å². The van der Waals surface area contributed by atoms with Crippen LogP contribution in [0.2, 0.25) is 0 Å². The number of hydrogen-bond acceptors (Lipinski definition) is 0. The maximum atomic E-state index is 14.6. The molecule has 0 aliphatic heterocycles. The van der Waals surface area contributed by atoms with Crippen LogP contribution in [0.25, 0.3) is 21.9 Å². The molecule has 0 nitrogen and oxygen atoms in total. The van der Waals surface area contributed by atoms with Gasteiger partial charge in [0.2, 0.25) is 0 Å². The molecule has 4 heteroatoms. The molecule has 0 spiro atoms. The van der Waals surface area contributed by atoms with Crippen molar-refractivity contribution in [2.24, 2.45) is 0 Å². The monoisotopic (exact) mass is 432 g/mol. The molecule has 4 rings (SSSR count). The summed E-state index contributed by atoms with van der Waals surface area (Å²) in [6.07, 6.45) is 3.31. The summed E-state index contributed by atoms with van der Waals surface area (Å²) in [6.45, 7) is 2.16. The van der Waals surface area contributed by atoms with Crippen molar-refractivity contribution in [3.63, 3.8) is 0 Å². The first kappa shape index (κ1) is 21.6. The minimum Gasteiger partial charge on any atom is -0.206 e. The molecule has 4 aromatic carbocycles. The summed E-state index contributed by atoms with van der Waals surface area (Å²) in [7, 11) is 0. The van der Waals surface area contributed by atoms with Crippen molar-refractivity contribution in [2.45, 2.75) is 26.2 Å². The fraction of sp³-hybridized carbons (Fsp3) is 0.143. The van der Waals surface area contributed by atoms with Gasteiger partial charge in [0.1, 0.15) is 5.82 Å². The van der Waals surface area contributed by atoms with Crippen LogP contribution in [0.1, 0.15) is 36.5 Å². The van der Waals surface area contributed by atoms with Crippen molar-refractivity contribution < 1.29 is 17.6 Å². The normalized spacial score (nSPS) is 10.8. The van der Waals surface area contributed by atoms with Crippen LogP contribution in [0.15, 0.2) is 66.7 Å². The molecule has 160 valence electrons. The first-order valence-electron chi connectivity index (χ1n) is 10.4. The molecular weight excluding hydrogens is 412 g/mol. The molecule has 0 aromatic heterocycles. The number of hydrogen-bond donors (Lipinski definition) is 0. The third-order valence-electron chi connectivity index (χ3n) is 5.39. The van der Waals surface area contributed by atoms with E-state index < -0.39 is 23.3 Å². The largest absolute Gasteiger partial charge is 0.206 e. The van der Waals surface area contributed by atoms with Crippen molar-refractivity contribution >= 4 is 10.8 Å². The highest BCUT2D eigenvalue weighted by molar-refractivity contribution is 5.84. The number of rotatable bonds is 4. The lowest BCUT2D eigenvalue weighted by Crippen LogP contribution is -1.92. The summed E-state index contributed by atoms with van der Waals surface area (Å²) < 4.78 is 55.4. The van der Waals surface area contributed by atoms with E-state index >= 15 is 0 Å². The molecule has 0 aliphatic rings. The van der Waals surface area contributed by atoms with Gasteiger partial charge in [-0.05, 0) is 65.3 Å². The summed E-state index contributed by atoms with van der Waals surface area (Å²) in [5.41, 5.74) is 3.60. The van der Waals surface area contributed by atoms with Gasteiger partial charge in [0.25, 0.3) is 0 Å². The highest BCUT2D eigenvalue weighted by Crippen LogP contribution is 2.25. The van der Waals surface area contributed by atoms with Gasteiger partial charge in [-0.2, -0.15) is 0 Å². The molecule has 0 saturated carbocycles. The molecule has 0 aliphatic carbocycles.